The van der Waals surface area contributed by atoms with Crippen molar-refractivity contribution >= 4 is 57.5 Å². The summed E-state index contributed by atoms with van der Waals surface area (Å²) in [6, 6.07) is 11.7. The standard InChI is InChI=1S/C23H22Cl2N4O4/c1-13-17(25)5-2-6-18(13)27-21(30)20-11-14-10-15(24)7-8-19(14)29(20)28-23(32)22(31)26-12-16-4-3-9-33-16/h2,5-8,10-11,16H,3-4,9,12H2,1H3,(H,26,31)(H,27,30)(H,28,32)/t16-/m0/s1. The van der Waals surface area contributed by atoms with Crippen molar-refractivity contribution in [2.24, 2.45) is 0 Å². The number of hydrogen-bond acceptors (Lipinski definition) is 4. The van der Waals surface area contributed by atoms with Gasteiger partial charge < -0.3 is 15.4 Å². The van der Waals surface area contributed by atoms with Crippen molar-refractivity contribution in [1.29, 1.82) is 0 Å². The summed E-state index contributed by atoms with van der Waals surface area (Å²) in [4.78, 5) is 38.1. The van der Waals surface area contributed by atoms with E-state index in [1.807, 2.05) is 0 Å². The number of halogens is 2. The Kier molecular flexibility index (Phi) is 6.88. The first kappa shape index (κ1) is 23.1. The van der Waals surface area contributed by atoms with Crippen molar-refractivity contribution < 1.29 is 19.1 Å². The van der Waals surface area contributed by atoms with Crippen molar-refractivity contribution in [2.45, 2.75) is 25.9 Å². The maximum atomic E-state index is 13.1. The molecule has 3 N–H and O–H groups in total. The third-order valence-electron chi connectivity index (χ3n) is 5.45. The summed E-state index contributed by atoms with van der Waals surface area (Å²) in [6.07, 6.45) is 1.66. The van der Waals surface area contributed by atoms with E-state index < -0.39 is 17.7 Å². The minimum absolute atomic E-state index is 0.0985. The Hall–Kier alpha value is -3.07. The zero-order valence-corrected chi connectivity index (χ0v) is 19.3. The van der Waals surface area contributed by atoms with Crippen LogP contribution in [0.25, 0.3) is 10.9 Å². The normalized spacial score (nSPS) is 15.4. The first-order valence-electron chi connectivity index (χ1n) is 10.4. The molecule has 0 unspecified atom stereocenters. The van der Waals surface area contributed by atoms with Crippen LogP contribution in [0.1, 0.15) is 28.9 Å². The van der Waals surface area contributed by atoms with Gasteiger partial charge >= 0.3 is 11.8 Å². The van der Waals surface area contributed by atoms with E-state index in [2.05, 4.69) is 16.1 Å². The van der Waals surface area contributed by atoms with E-state index in [1.165, 1.54) is 4.68 Å². The van der Waals surface area contributed by atoms with Gasteiger partial charge in [0.2, 0.25) is 0 Å². The molecule has 10 heteroatoms. The molecular formula is C23H22Cl2N4O4. The predicted octanol–water partition coefficient (Wildman–Crippen LogP) is 3.87. The lowest BCUT2D eigenvalue weighted by atomic mass is 10.2. The van der Waals surface area contributed by atoms with Crippen LogP contribution >= 0.6 is 23.2 Å². The van der Waals surface area contributed by atoms with Crippen molar-refractivity contribution in [2.75, 3.05) is 23.9 Å². The summed E-state index contributed by atoms with van der Waals surface area (Å²) in [6.45, 7) is 2.68. The Morgan fingerprint density at radius 2 is 1.94 bits per heavy atom. The average molecular weight is 489 g/mol. The summed E-state index contributed by atoms with van der Waals surface area (Å²) in [5.41, 5.74) is 4.38. The number of aromatic nitrogens is 1. The second-order valence-corrected chi connectivity index (χ2v) is 8.56. The molecule has 0 saturated carbocycles. The average Bonchev–Trinajstić information content (AvgIpc) is 3.43. The van der Waals surface area contributed by atoms with Crippen LogP contribution in [0.4, 0.5) is 5.69 Å². The molecule has 0 aliphatic carbocycles. The molecule has 8 nitrogen and oxygen atoms in total. The molecule has 2 heterocycles. The number of nitrogens with one attached hydrogen (secondary N) is 3. The summed E-state index contributed by atoms with van der Waals surface area (Å²) >= 11 is 12.3. The lowest BCUT2D eigenvalue weighted by Crippen LogP contribution is -2.42. The summed E-state index contributed by atoms with van der Waals surface area (Å²) < 4.78 is 6.73. The first-order chi connectivity index (χ1) is 15.8. The number of hydrogen-bond donors (Lipinski definition) is 3. The molecule has 3 aromatic rings. The van der Waals surface area contributed by atoms with Gasteiger partial charge in [0.05, 0.1) is 11.6 Å². The number of benzene rings is 2. The number of nitrogens with zero attached hydrogens (tertiary/aromatic N) is 1. The smallest absolute Gasteiger partial charge is 0.328 e. The molecule has 1 atom stereocenters. The summed E-state index contributed by atoms with van der Waals surface area (Å²) in [5.74, 6) is -2.22. The SMILES string of the molecule is Cc1c(Cl)cccc1NC(=O)c1cc2cc(Cl)ccc2n1NC(=O)C(=O)NC[C@@H]1CCCO1. The van der Waals surface area contributed by atoms with Crippen LogP contribution in [0.5, 0.6) is 0 Å². The quantitative estimate of drug-likeness (QED) is 0.474. The van der Waals surface area contributed by atoms with Gasteiger partial charge in [-0.1, -0.05) is 29.3 Å². The number of ether oxygens (including phenoxy) is 1. The fourth-order valence-electron chi connectivity index (χ4n) is 3.65. The molecule has 0 radical (unpaired) electrons. The minimum Gasteiger partial charge on any atom is -0.376 e. The number of anilines is 1. The molecule has 33 heavy (non-hydrogen) atoms. The second-order valence-electron chi connectivity index (χ2n) is 7.72. The number of carbonyl (C=O) groups is 3. The molecule has 0 spiro atoms. The topological polar surface area (TPSA) is 101 Å². The largest absolute Gasteiger partial charge is 0.376 e. The Labute approximate surface area is 200 Å². The van der Waals surface area contributed by atoms with Crippen molar-refractivity contribution in [3.8, 4) is 0 Å². The van der Waals surface area contributed by atoms with Gasteiger partial charge in [-0.05, 0) is 61.7 Å². The third-order valence-corrected chi connectivity index (χ3v) is 6.09. The molecule has 172 valence electrons. The molecule has 1 aromatic heterocycles. The fraction of sp³-hybridized carbons (Fsp3) is 0.261. The molecule has 1 aliphatic heterocycles. The lowest BCUT2D eigenvalue weighted by molar-refractivity contribution is -0.136. The molecule has 1 aliphatic rings. The van der Waals surface area contributed by atoms with Gasteiger partial charge in [0.25, 0.3) is 5.91 Å². The van der Waals surface area contributed by atoms with E-state index in [-0.39, 0.29) is 18.3 Å². The Bertz CT molecular complexity index is 1230. The molecular weight excluding hydrogens is 467 g/mol. The van der Waals surface area contributed by atoms with Gasteiger partial charge in [-0.2, -0.15) is 0 Å². The Morgan fingerprint density at radius 1 is 1.12 bits per heavy atom. The highest BCUT2D eigenvalue weighted by atomic mass is 35.5. The van der Waals surface area contributed by atoms with E-state index in [9.17, 15) is 14.4 Å². The van der Waals surface area contributed by atoms with E-state index in [4.69, 9.17) is 27.9 Å². The third kappa shape index (κ3) is 5.13. The van der Waals surface area contributed by atoms with E-state index in [0.29, 0.717) is 38.8 Å². The molecule has 3 amide bonds. The molecule has 0 bridgehead atoms. The highest BCUT2D eigenvalue weighted by molar-refractivity contribution is 6.38. The van der Waals surface area contributed by atoms with Crippen LogP contribution in [0.3, 0.4) is 0 Å². The van der Waals surface area contributed by atoms with E-state index in [0.717, 1.165) is 12.8 Å². The Balaban J connectivity index is 1.58. The highest BCUT2D eigenvalue weighted by Crippen LogP contribution is 2.26. The van der Waals surface area contributed by atoms with Crippen LogP contribution in [0, 0.1) is 6.92 Å². The lowest BCUT2D eigenvalue weighted by Gasteiger charge is -2.14. The number of rotatable bonds is 5. The maximum absolute atomic E-state index is 13.1. The number of fused-ring (bicyclic) bond motifs is 1. The van der Waals surface area contributed by atoms with Crippen LogP contribution in [0.2, 0.25) is 10.0 Å². The van der Waals surface area contributed by atoms with Gasteiger partial charge in [-0.25, -0.2) is 4.68 Å². The highest BCUT2D eigenvalue weighted by Gasteiger charge is 2.23. The van der Waals surface area contributed by atoms with Crippen molar-refractivity contribution in [3.05, 3.63) is 63.8 Å². The zero-order chi connectivity index (χ0) is 23.5. The summed E-state index contributed by atoms with van der Waals surface area (Å²) in [5, 5.41) is 6.97. The van der Waals surface area contributed by atoms with E-state index in [1.54, 1.807) is 49.4 Å². The van der Waals surface area contributed by atoms with Crippen LogP contribution in [-0.4, -0.2) is 41.7 Å². The van der Waals surface area contributed by atoms with Crippen LogP contribution in [-0.2, 0) is 14.3 Å². The van der Waals surface area contributed by atoms with E-state index >= 15 is 0 Å². The minimum atomic E-state index is -0.909. The van der Waals surface area contributed by atoms with Gasteiger partial charge in [-0.15, -0.1) is 0 Å². The van der Waals surface area contributed by atoms with Crippen molar-refractivity contribution in [3.63, 3.8) is 0 Å². The monoisotopic (exact) mass is 488 g/mol. The van der Waals surface area contributed by atoms with Gasteiger partial charge in [-0.3, -0.25) is 19.8 Å². The van der Waals surface area contributed by atoms with Gasteiger partial charge in [0.15, 0.2) is 0 Å². The van der Waals surface area contributed by atoms with Crippen molar-refractivity contribution in [1.82, 2.24) is 9.99 Å². The Morgan fingerprint density at radius 3 is 2.70 bits per heavy atom. The first-order valence-corrected chi connectivity index (χ1v) is 11.2. The molecule has 1 fully saturated rings. The number of carbonyl (C=O) groups excluding carboxylic acids is 3. The van der Waals surface area contributed by atoms with Crippen LogP contribution in [0.15, 0.2) is 42.5 Å². The molecule has 2 aromatic carbocycles. The molecule has 4 rings (SSSR count). The molecule has 1 saturated heterocycles. The summed E-state index contributed by atoms with van der Waals surface area (Å²) in [7, 11) is 0. The second kappa shape index (κ2) is 9.82. The predicted molar refractivity (Wildman–Crippen MR) is 127 cm³/mol. The zero-order valence-electron chi connectivity index (χ0n) is 17.8. The number of amides is 3. The van der Waals surface area contributed by atoms with Crippen LogP contribution < -0.4 is 16.1 Å². The maximum Gasteiger partial charge on any atom is 0.328 e. The van der Waals surface area contributed by atoms with Gasteiger partial charge in [0, 0.05) is 34.3 Å². The fourth-order valence-corrected chi connectivity index (χ4v) is 4.00. The van der Waals surface area contributed by atoms with Gasteiger partial charge in [0.1, 0.15) is 5.69 Å².